The van der Waals surface area contributed by atoms with Gasteiger partial charge in [0, 0.05) is 25.4 Å². The number of carbonyl (C=O) groups excluding carboxylic acids is 2. The number of Topliss-reactive ketones (excluding diaryl/α,β-unsaturated/α-hetero) is 1. The van der Waals surface area contributed by atoms with Crippen LogP contribution in [0.25, 0.3) is 0 Å². The number of amides is 1. The number of aliphatic hydroxyl groups excluding tert-OH is 1. The van der Waals surface area contributed by atoms with E-state index >= 15 is 0 Å². The highest BCUT2D eigenvalue weighted by molar-refractivity contribution is 6.34. The first-order valence-electron chi connectivity index (χ1n) is 9.66. The molecule has 0 bridgehead atoms. The molecule has 6 N–H and O–H groups in total. The Labute approximate surface area is 181 Å². The molecule has 1 aliphatic heterocycles. The fraction of sp³-hybridized carbons (Fsp3) is 0.600. The van der Waals surface area contributed by atoms with Gasteiger partial charge in [-0.1, -0.05) is 11.6 Å². The van der Waals surface area contributed by atoms with Crippen molar-refractivity contribution in [3.63, 3.8) is 0 Å². The highest BCUT2D eigenvalue weighted by Crippen LogP contribution is 2.41. The SMILES string of the molecule is COc1c(C(=O)NC[C@H]2CCN(CCCC(C)=O)C[C@@H]2O)cc(Cl)c(N)c1OC.O. The van der Waals surface area contributed by atoms with Gasteiger partial charge in [0.25, 0.3) is 5.91 Å². The molecular weight excluding hydrogens is 414 g/mol. The molecule has 1 aliphatic rings. The number of β-amino-alcohol motifs (C(OH)–C–C–N with tert-alkyl or cyclic N) is 1. The third kappa shape index (κ3) is 6.46. The van der Waals surface area contributed by atoms with Crippen molar-refractivity contribution in [2.24, 2.45) is 5.92 Å². The number of nitrogens with zero attached hydrogens (tertiary/aromatic N) is 1. The average Bonchev–Trinajstić information content (AvgIpc) is 2.68. The number of halogens is 1. The van der Waals surface area contributed by atoms with Crippen LogP contribution in [0.2, 0.25) is 5.02 Å². The second-order valence-electron chi connectivity index (χ2n) is 7.32. The van der Waals surface area contributed by atoms with Gasteiger partial charge in [0.15, 0.2) is 11.5 Å². The monoisotopic (exact) mass is 445 g/mol. The van der Waals surface area contributed by atoms with Gasteiger partial charge in [-0.05, 0) is 38.9 Å². The standard InChI is InChI=1S/C20H30ClN3O5.H2O/c1-12(25)5-4-7-24-8-6-13(16(26)11-24)10-23-20(27)14-9-15(21)17(22)19(29-3)18(14)28-2;/h9,13,16,26H,4-8,10-11,22H2,1-3H3,(H,23,27);1H2/t13-,16+;/m1./s1. The number of aliphatic hydroxyl groups is 1. The Hall–Kier alpha value is -2.07. The number of carbonyl (C=O) groups is 2. The molecule has 1 fully saturated rings. The summed E-state index contributed by atoms with van der Waals surface area (Å²) in [7, 11) is 2.85. The highest BCUT2D eigenvalue weighted by atomic mass is 35.5. The summed E-state index contributed by atoms with van der Waals surface area (Å²) in [6.45, 7) is 4.05. The largest absolute Gasteiger partial charge is 0.492 e. The molecule has 0 aromatic heterocycles. The van der Waals surface area contributed by atoms with E-state index in [1.165, 1.54) is 20.3 Å². The van der Waals surface area contributed by atoms with Crippen molar-refractivity contribution in [2.45, 2.75) is 32.3 Å². The average molecular weight is 446 g/mol. The second-order valence-corrected chi connectivity index (χ2v) is 7.73. The quantitative estimate of drug-likeness (QED) is 0.478. The number of nitrogen functional groups attached to an aromatic ring is 1. The minimum absolute atomic E-state index is 0. The first-order valence-corrected chi connectivity index (χ1v) is 10.0. The second kappa shape index (κ2) is 11.9. The van der Waals surface area contributed by atoms with Crippen LogP contribution in [0, 0.1) is 5.92 Å². The number of hydrogen-bond acceptors (Lipinski definition) is 7. The zero-order valence-electron chi connectivity index (χ0n) is 17.7. The first kappa shape index (κ1) is 26.0. The number of nitrogens with one attached hydrogen (secondary N) is 1. The fourth-order valence-corrected chi connectivity index (χ4v) is 3.75. The van der Waals surface area contributed by atoms with Gasteiger partial charge >= 0.3 is 0 Å². The van der Waals surface area contributed by atoms with Crippen molar-refractivity contribution in [1.29, 1.82) is 0 Å². The number of methoxy groups -OCH3 is 2. The lowest BCUT2D eigenvalue weighted by molar-refractivity contribution is -0.117. The highest BCUT2D eigenvalue weighted by Gasteiger charge is 2.29. The lowest BCUT2D eigenvalue weighted by Gasteiger charge is -2.36. The van der Waals surface area contributed by atoms with Gasteiger partial charge in [-0.3, -0.25) is 4.79 Å². The molecule has 10 heteroatoms. The van der Waals surface area contributed by atoms with Crippen molar-refractivity contribution in [2.75, 3.05) is 46.1 Å². The minimum atomic E-state index is -0.548. The van der Waals surface area contributed by atoms with E-state index in [2.05, 4.69) is 10.2 Å². The van der Waals surface area contributed by atoms with Crippen LogP contribution in [-0.4, -0.2) is 73.7 Å². The van der Waals surface area contributed by atoms with E-state index in [1.54, 1.807) is 6.92 Å². The van der Waals surface area contributed by atoms with E-state index in [0.29, 0.717) is 19.5 Å². The zero-order valence-corrected chi connectivity index (χ0v) is 18.4. The van der Waals surface area contributed by atoms with E-state index < -0.39 is 6.10 Å². The predicted octanol–water partition coefficient (Wildman–Crippen LogP) is 0.896. The van der Waals surface area contributed by atoms with Gasteiger partial charge in [0.1, 0.15) is 5.78 Å². The molecule has 0 saturated carbocycles. The molecule has 9 nitrogen and oxygen atoms in total. The summed E-state index contributed by atoms with van der Waals surface area (Å²) >= 11 is 6.11. The van der Waals surface area contributed by atoms with Gasteiger partial charge < -0.3 is 40.8 Å². The Morgan fingerprint density at radius 1 is 1.33 bits per heavy atom. The van der Waals surface area contributed by atoms with Crippen molar-refractivity contribution < 1.29 is 29.6 Å². The first-order chi connectivity index (χ1) is 13.8. The number of anilines is 1. The van der Waals surface area contributed by atoms with Gasteiger partial charge in [-0.2, -0.15) is 0 Å². The van der Waals surface area contributed by atoms with Crippen LogP contribution in [0.4, 0.5) is 5.69 Å². The molecule has 1 aromatic rings. The van der Waals surface area contributed by atoms with E-state index in [1.807, 2.05) is 0 Å². The van der Waals surface area contributed by atoms with Crippen LogP contribution >= 0.6 is 11.6 Å². The molecule has 2 atom stereocenters. The summed E-state index contributed by atoms with van der Waals surface area (Å²) in [6.07, 6.45) is 1.56. The number of ether oxygens (including phenoxy) is 2. The molecule has 2 rings (SSSR count). The number of piperidine rings is 1. The summed E-state index contributed by atoms with van der Waals surface area (Å²) in [5, 5.41) is 13.5. The third-order valence-corrected chi connectivity index (χ3v) is 5.52. The molecule has 0 unspecified atom stereocenters. The zero-order chi connectivity index (χ0) is 21.6. The number of rotatable bonds is 9. The Morgan fingerprint density at radius 3 is 2.57 bits per heavy atom. The Morgan fingerprint density at radius 2 is 2.00 bits per heavy atom. The van der Waals surface area contributed by atoms with Crippen LogP contribution in [0.15, 0.2) is 6.07 Å². The summed E-state index contributed by atoms with van der Waals surface area (Å²) in [5.41, 5.74) is 6.31. The third-order valence-electron chi connectivity index (χ3n) is 5.21. The number of benzene rings is 1. The number of likely N-dealkylation sites (tertiary alicyclic amines) is 1. The van der Waals surface area contributed by atoms with Gasteiger partial charge in [-0.25, -0.2) is 0 Å². The van der Waals surface area contributed by atoms with E-state index in [0.717, 1.165) is 25.9 Å². The number of nitrogens with two attached hydrogens (primary N) is 1. The summed E-state index contributed by atoms with van der Waals surface area (Å²) in [6, 6.07) is 1.45. The van der Waals surface area contributed by atoms with E-state index in [4.69, 9.17) is 26.8 Å². The van der Waals surface area contributed by atoms with Crippen molar-refractivity contribution in [3.05, 3.63) is 16.7 Å². The lowest BCUT2D eigenvalue weighted by atomic mass is 9.93. The number of hydrogen-bond donors (Lipinski definition) is 3. The molecule has 0 radical (unpaired) electrons. The molecule has 30 heavy (non-hydrogen) atoms. The molecule has 1 aromatic carbocycles. The maximum atomic E-state index is 12.7. The Balaban J connectivity index is 0.00000450. The molecule has 1 amide bonds. The molecule has 1 saturated heterocycles. The van der Waals surface area contributed by atoms with E-state index in [-0.39, 0.29) is 50.9 Å². The van der Waals surface area contributed by atoms with Crippen LogP contribution in [0.5, 0.6) is 11.5 Å². The Bertz CT molecular complexity index is 746. The van der Waals surface area contributed by atoms with Crippen molar-refractivity contribution >= 4 is 29.0 Å². The van der Waals surface area contributed by atoms with Gasteiger partial charge in [0.05, 0.1) is 36.6 Å². The van der Waals surface area contributed by atoms with Crippen LogP contribution < -0.4 is 20.5 Å². The van der Waals surface area contributed by atoms with Crippen LogP contribution in [0.1, 0.15) is 36.5 Å². The summed E-state index contributed by atoms with van der Waals surface area (Å²) < 4.78 is 10.5. The Kier molecular flexibility index (Phi) is 10.3. The minimum Gasteiger partial charge on any atom is -0.492 e. The van der Waals surface area contributed by atoms with E-state index in [9.17, 15) is 14.7 Å². The molecule has 170 valence electrons. The summed E-state index contributed by atoms with van der Waals surface area (Å²) in [4.78, 5) is 25.9. The topological polar surface area (TPSA) is 146 Å². The molecule has 0 spiro atoms. The van der Waals surface area contributed by atoms with Crippen molar-refractivity contribution in [3.8, 4) is 11.5 Å². The normalized spacial score (nSPS) is 19.0. The molecule has 0 aliphatic carbocycles. The van der Waals surface area contributed by atoms with Crippen molar-refractivity contribution in [1.82, 2.24) is 10.2 Å². The lowest BCUT2D eigenvalue weighted by Crippen LogP contribution is -2.47. The molecular formula is C20H32ClN3O6. The summed E-state index contributed by atoms with van der Waals surface area (Å²) in [5.74, 6) is 0.174. The molecule has 1 heterocycles. The maximum Gasteiger partial charge on any atom is 0.255 e. The maximum absolute atomic E-state index is 12.7. The van der Waals surface area contributed by atoms with Crippen LogP contribution in [0.3, 0.4) is 0 Å². The van der Waals surface area contributed by atoms with Gasteiger partial charge in [0.2, 0.25) is 0 Å². The van der Waals surface area contributed by atoms with Gasteiger partial charge in [-0.15, -0.1) is 0 Å². The van der Waals surface area contributed by atoms with Crippen LogP contribution in [-0.2, 0) is 4.79 Å². The predicted molar refractivity (Wildman–Crippen MR) is 115 cm³/mol. The number of ketones is 1. The fourth-order valence-electron chi connectivity index (χ4n) is 3.55. The smallest absolute Gasteiger partial charge is 0.255 e.